The molecule has 0 radical (unpaired) electrons. The molecule has 0 nitrogen and oxygen atoms in total. The molecule has 0 aliphatic heterocycles. The Kier molecular flexibility index (Phi) is 2.38. The van der Waals surface area contributed by atoms with Gasteiger partial charge >= 0.3 is 0 Å². The van der Waals surface area contributed by atoms with Crippen molar-refractivity contribution in [2.24, 2.45) is 0 Å². The largest absolute Gasteiger partial charge is 0.0620 e. The van der Waals surface area contributed by atoms with Gasteiger partial charge in [-0.25, -0.2) is 0 Å². The number of hydrogen-bond donors (Lipinski definition) is 0. The molecule has 2 aliphatic rings. The summed E-state index contributed by atoms with van der Waals surface area (Å²) in [6.45, 7) is 0. The Morgan fingerprint density at radius 3 is 2.62 bits per heavy atom. The van der Waals surface area contributed by atoms with E-state index in [1.807, 2.05) is 0 Å². The van der Waals surface area contributed by atoms with Gasteiger partial charge in [0.1, 0.15) is 0 Å². The van der Waals surface area contributed by atoms with Crippen LogP contribution >= 0.6 is 0 Å². The predicted octanol–water partition coefficient (Wildman–Crippen LogP) is 6.25. The van der Waals surface area contributed by atoms with Crippen LogP contribution in [-0.2, 0) is 12.8 Å². The van der Waals surface area contributed by atoms with Crippen molar-refractivity contribution in [3.63, 3.8) is 0 Å². The van der Waals surface area contributed by atoms with Gasteiger partial charge in [-0.15, -0.1) is 0 Å². The molecule has 1 unspecified atom stereocenters. The first-order valence-electron chi connectivity index (χ1n) is 8.96. The van der Waals surface area contributed by atoms with E-state index >= 15 is 0 Å². The Morgan fingerprint density at radius 2 is 1.62 bits per heavy atom. The van der Waals surface area contributed by atoms with Gasteiger partial charge in [0, 0.05) is 0 Å². The molecule has 0 heteroatoms. The Labute approximate surface area is 141 Å². The lowest BCUT2D eigenvalue weighted by Gasteiger charge is -2.34. The average Bonchev–Trinajstić information content (AvgIpc) is 2.65. The van der Waals surface area contributed by atoms with Crippen molar-refractivity contribution in [2.75, 3.05) is 0 Å². The lowest BCUT2D eigenvalue weighted by Crippen LogP contribution is -2.17. The summed E-state index contributed by atoms with van der Waals surface area (Å²) in [7, 11) is 0. The maximum Gasteiger partial charge on any atom is -0.0104 e. The zero-order valence-corrected chi connectivity index (χ0v) is 13.5. The third-order valence-electron chi connectivity index (χ3n) is 6.10. The molecule has 1 atom stereocenters. The summed E-state index contributed by atoms with van der Waals surface area (Å²) in [5.41, 5.74) is 7.66. The van der Waals surface area contributed by atoms with Crippen molar-refractivity contribution >= 4 is 21.5 Å². The number of rotatable bonds is 0. The van der Waals surface area contributed by atoms with E-state index in [2.05, 4.69) is 66.7 Å². The van der Waals surface area contributed by atoms with Gasteiger partial charge in [-0.3, -0.25) is 0 Å². The molecule has 4 aromatic rings. The molecule has 4 aromatic carbocycles. The Hall–Kier alpha value is -2.60. The van der Waals surface area contributed by atoms with Gasteiger partial charge in [-0.1, -0.05) is 60.7 Å². The van der Waals surface area contributed by atoms with Gasteiger partial charge in [0.25, 0.3) is 0 Å². The molecule has 0 bridgehead atoms. The first-order valence-corrected chi connectivity index (χ1v) is 8.96. The molecule has 2 aliphatic carbocycles. The molecule has 0 N–H and O–H groups in total. The molecule has 0 amide bonds. The minimum absolute atomic E-state index is 0.687. The predicted molar refractivity (Wildman–Crippen MR) is 102 cm³/mol. The maximum atomic E-state index is 2.39. The second kappa shape index (κ2) is 4.48. The first-order chi connectivity index (χ1) is 11.9. The van der Waals surface area contributed by atoms with E-state index in [0.717, 1.165) is 0 Å². The van der Waals surface area contributed by atoms with Crippen LogP contribution in [0, 0.1) is 0 Å². The summed E-state index contributed by atoms with van der Waals surface area (Å²) in [5, 5.41) is 5.81. The van der Waals surface area contributed by atoms with Crippen LogP contribution in [0.4, 0.5) is 0 Å². The molecular formula is C24H18. The standard InChI is InChI=1S/C24H18/c1-3-7-19-15(5-1)13-17-9-12-22-20-8-4-2-6-16(20)14-18-10-11-21(19)23(17)24(18)22/h1-9,12-13,18H,10-11,14H2. The number of benzene rings is 4. The van der Waals surface area contributed by atoms with Crippen LogP contribution < -0.4 is 0 Å². The third-order valence-corrected chi connectivity index (χ3v) is 6.10. The molecular weight excluding hydrogens is 288 g/mol. The minimum Gasteiger partial charge on any atom is -0.0620 e. The molecule has 114 valence electrons. The van der Waals surface area contributed by atoms with E-state index in [1.165, 1.54) is 52.1 Å². The van der Waals surface area contributed by atoms with E-state index < -0.39 is 0 Å². The normalized spacial score (nSPS) is 17.9. The number of hydrogen-bond acceptors (Lipinski definition) is 0. The highest BCUT2D eigenvalue weighted by Gasteiger charge is 2.30. The van der Waals surface area contributed by atoms with Crippen molar-refractivity contribution in [1.29, 1.82) is 0 Å². The summed E-state index contributed by atoms with van der Waals surface area (Å²) in [5.74, 6) is 0.687. The van der Waals surface area contributed by atoms with E-state index in [4.69, 9.17) is 0 Å². The number of fused-ring (bicyclic) bond motifs is 4. The summed E-state index contributed by atoms with van der Waals surface area (Å²) in [6, 6.07) is 25.0. The van der Waals surface area contributed by atoms with Crippen LogP contribution in [0.5, 0.6) is 0 Å². The lowest BCUT2D eigenvalue weighted by molar-refractivity contribution is 0.610. The smallest absolute Gasteiger partial charge is 0.0104 e. The molecule has 24 heavy (non-hydrogen) atoms. The van der Waals surface area contributed by atoms with Crippen molar-refractivity contribution in [2.45, 2.75) is 25.2 Å². The van der Waals surface area contributed by atoms with Crippen LogP contribution in [-0.4, -0.2) is 0 Å². The molecule has 0 heterocycles. The van der Waals surface area contributed by atoms with Crippen LogP contribution in [0.25, 0.3) is 32.7 Å². The van der Waals surface area contributed by atoms with Gasteiger partial charge < -0.3 is 0 Å². The molecule has 0 aromatic heterocycles. The highest BCUT2D eigenvalue weighted by atomic mass is 14.3. The molecule has 6 rings (SSSR count). The van der Waals surface area contributed by atoms with Crippen LogP contribution in [0.3, 0.4) is 0 Å². The summed E-state index contributed by atoms with van der Waals surface area (Å²) in [6.07, 6.45) is 3.69. The van der Waals surface area contributed by atoms with Crippen LogP contribution in [0.2, 0.25) is 0 Å². The van der Waals surface area contributed by atoms with E-state index in [9.17, 15) is 0 Å². The average molecular weight is 306 g/mol. The van der Waals surface area contributed by atoms with Gasteiger partial charge in [0.15, 0.2) is 0 Å². The Balaban J connectivity index is 1.82. The summed E-state index contributed by atoms with van der Waals surface area (Å²) in [4.78, 5) is 0. The van der Waals surface area contributed by atoms with Crippen LogP contribution in [0.1, 0.15) is 29.0 Å². The molecule has 0 saturated heterocycles. The Morgan fingerprint density at radius 1 is 0.750 bits per heavy atom. The zero-order chi connectivity index (χ0) is 15.7. The molecule has 0 spiro atoms. The topological polar surface area (TPSA) is 0 Å². The van der Waals surface area contributed by atoms with E-state index in [-0.39, 0.29) is 0 Å². The Bertz CT molecular complexity index is 1130. The molecule has 0 saturated carbocycles. The monoisotopic (exact) mass is 306 g/mol. The fourth-order valence-electron chi connectivity index (χ4n) is 5.11. The fourth-order valence-corrected chi connectivity index (χ4v) is 5.11. The summed E-state index contributed by atoms with van der Waals surface area (Å²) >= 11 is 0. The SMILES string of the molecule is c1ccc2c(c1)CC1CCc3c4ccccc4cc4ccc-2c1c34. The maximum absolute atomic E-state index is 2.39. The second-order valence-electron chi connectivity index (χ2n) is 7.30. The van der Waals surface area contributed by atoms with Gasteiger partial charge in [0.05, 0.1) is 0 Å². The zero-order valence-electron chi connectivity index (χ0n) is 13.5. The fraction of sp³-hybridized carbons (Fsp3) is 0.167. The summed E-state index contributed by atoms with van der Waals surface area (Å²) < 4.78 is 0. The van der Waals surface area contributed by atoms with E-state index in [0.29, 0.717) is 5.92 Å². The van der Waals surface area contributed by atoms with Gasteiger partial charge in [0.2, 0.25) is 0 Å². The van der Waals surface area contributed by atoms with E-state index in [1.54, 1.807) is 16.5 Å². The highest BCUT2D eigenvalue weighted by Crippen LogP contribution is 2.49. The highest BCUT2D eigenvalue weighted by molar-refractivity contribution is 6.06. The van der Waals surface area contributed by atoms with Crippen molar-refractivity contribution in [3.05, 3.63) is 83.4 Å². The van der Waals surface area contributed by atoms with Crippen molar-refractivity contribution in [1.82, 2.24) is 0 Å². The third kappa shape index (κ3) is 1.54. The van der Waals surface area contributed by atoms with Gasteiger partial charge in [-0.2, -0.15) is 0 Å². The lowest BCUT2D eigenvalue weighted by atomic mass is 9.70. The minimum atomic E-state index is 0.687. The van der Waals surface area contributed by atoms with Crippen molar-refractivity contribution in [3.8, 4) is 11.1 Å². The second-order valence-corrected chi connectivity index (χ2v) is 7.30. The van der Waals surface area contributed by atoms with Gasteiger partial charge in [-0.05, 0) is 80.6 Å². The van der Waals surface area contributed by atoms with Crippen LogP contribution in [0.15, 0.2) is 66.7 Å². The number of aryl methyl sites for hydroxylation is 1. The quantitative estimate of drug-likeness (QED) is 0.337. The van der Waals surface area contributed by atoms with Crippen molar-refractivity contribution < 1.29 is 0 Å². The molecule has 0 fully saturated rings. The first kappa shape index (κ1) is 12.8.